The number of aromatic nitrogens is 2. The minimum Gasteiger partial charge on any atom is -0.497 e. The molecule has 0 saturated heterocycles. The first kappa shape index (κ1) is 20.6. The van der Waals surface area contributed by atoms with Gasteiger partial charge in [0.15, 0.2) is 11.2 Å². The molecule has 2 aromatic carbocycles. The molecule has 3 atom stereocenters. The molecule has 3 aromatic rings. The fourth-order valence-corrected chi connectivity index (χ4v) is 5.40. The van der Waals surface area contributed by atoms with E-state index in [1.165, 1.54) is 0 Å². The number of hydrogen-bond acceptors (Lipinski definition) is 6. The molecule has 5 rings (SSSR count). The Kier molecular flexibility index (Phi) is 4.58. The van der Waals surface area contributed by atoms with Gasteiger partial charge < -0.3 is 25.3 Å². The van der Waals surface area contributed by atoms with Gasteiger partial charge in [0.05, 0.1) is 24.3 Å². The van der Waals surface area contributed by atoms with E-state index in [2.05, 4.69) is 16.5 Å². The third-order valence-corrected chi connectivity index (χ3v) is 6.71. The Hall–Kier alpha value is -3.29. The van der Waals surface area contributed by atoms with Crippen molar-refractivity contribution >= 4 is 17.3 Å². The van der Waals surface area contributed by atoms with Crippen LogP contribution in [0.2, 0.25) is 0 Å². The summed E-state index contributed by atoms with van der Waals surface area (Å²) in [5.41, 5.74) is 4.57. The van der Waals surface area contributed by atoms with Gasteiger partial charge in [-0.2, -0.15) is 0 Å². The van der Waals surface area contributed by atoms with E-state index in [0.717, 1.165) is 0 Å². The van der Waals surface area contributed by atoms with Crippen molar-refractivity contribution in [3.63, 3.8) is 0 Å². The van der Waals surface area contributed by atoms with Crippen LogP contribution in [0.4, 0.5) is 5.69 Å². The van der Waals surface area contributed by atoms with Crippen LogP contribution in [0.1, 0.15) is 34.1 Å². The predicted octanol–water partition coefficient (Wildman–Crippen LogP) is 2.95. The number of halogens is 1. The van der Waals surface area contributed by atoms with Crippen LogP contribution in [0.25, 0.3) is 0 Å². The number of alkyl halides is 1. The summed E-state index contributed by atoms with van der Waals surface area (Å²) in [4.78, 5) is 20.7. The minimum atomic E-state index is -1.79. The molecule has 0 saturated carbocycles. The lowest BCUT2D eigenvalue weighted by molar-refractivity contribution is -0.0933. The standard InChI is InChI=1S/C24H22ClN3O4/c1-3-4-19-27-21-20(22(29)28-19)17(12-25)24(13-5-7-14(26)8-6-13)23(21,30)16-11-15(31-2)9-10-18(16)32-24/h3,5-11,17,30H,1,4,12,26H2,2H3,(H,27,28,29)/t17-,23+,24+/m1/s1. The first-order valence-electron chi connectivity index (χ1n) is 10.2. The molecule has 0 spiro atoms. The number of nitrogens with one attached hydrogen (secondary N) is 1. The van der Waals surface area contributed by atoms with E-state index in [9.17, 15) is 9.90 Å². The van der Waals surface area contributed by atoms with E-state index in [4.69, 9.17) is 26.8 Å². The number of ether oxygens (including phenoxy) is 2. The second-order valence-electron chi connectivity index (χ2n) is 8.01. The van der Waals surface area contributed by atoms with Gasteiger partial charge in [0.25, 0.3) is 5.56 Å². The van der Waals surface area contributed by atoms with Gasteiger partial charge in [-0.05, 0) is 35.9 Å². The van der Waals surface area contributed by atoms with E-state index in [1.54, 1.807) is 55.7 Å². The number of benzene rings is 2. The van der Waals surface area contributed by atoms with Crippen molar-refractivity contribution in [1.82, 2.24) is 9.97 Å². The first-order valence-corrected chi connectivity index (χ1v) is 10.7. The molecule has 0 radical (unpaired) electrons. The smallest absolute Gasteiger partial charge is 0.254 e. The number of nitrogen functional groups attached to an aromatic ring is 1. The molecular formula is C24H22ClN3O4. The number of fused-ring (bicyclic) bond motifs is 5. The van der Waals surface area contributed by atoms with Crippen molar-refractivity contribution < 1.29 is 14.6 Å². The Balaban J connectivity index is 1.90. The molecule has 8 heteroatoms. The average Bonchev–Trinajstić information content (AvgIpc) is 3.17. The summed E-state index contributed by atoms with van der Waals surface area (Å²) in [7, 11) is 1.55. The number of hydrogen-bond donors (Lipinski definition) is 3. The van der Waals surface area contributed by atoms with Crippen LogP contribution >= 0.6 is 11.6 Å². The maximum absolute atomic E-state index is 13.2. The third-order valence-electron chi connectivity index (χ3n) is 6.40. The normalized spacial score (nSPS) is 24.9. The number of aromatic amines is 1. The zero-order valence-electron chi connectivity index (χ0n) is 17.4. The number of anilines is 1. The molecule has 1 aromatic heterocycles. The van der Waals surface area contributed by atoms with Crippen LogP contribution in [-0.2, 0) is 17.6 Å². The van der Waals surface area contributed by atoms with Crippen molar-refractivity contribution in [1.29, 1.82) is 0 Å². The number of nitrogens with zero attached hydrogens (tertiary/aromatic N) is 1. The molecule has 32 heavy (non-hydrogen) atoms. The Morgan fingerprint density at radius 1 is 1.34 bits per heavy atom. The molecule has 0 fully saturated rings. The lowest BCUT2D eigenvalue weighted by Crippen LogP contribution is -2.49. The maximum atomic E-state index is 13.2. The summed E-state index contributed by atoms with van der Waals surface area (Å²) in [6.45, 7) is 3.72. The molecule has 0 bridgehead atoms. The summed E-state index contributed by atoms with van der Waals surface area (Å²) in [5.74, 6) is 0.755. The maximum Gasteiger partial charge on any atom is 0.254 e. The molecule has 2 aliphatic rings. The average molecular weight is 452 g/mol. The molecule has 1 aliphatic carbocycles. The second-order valence-corrected chi connectivity index (χ2v) is 8.32. The van der Waals surface area contributed by atoms with E-state index < -0.39 is 17.1 Å². The first-order chi connectivity index (χ1) is 15.4. The number of methoxy groups -OCH3 is 1. The quantitative estimate of drug-likeness (QED) is 0.312. The van der Waals surface area contributed by atoms with E-state index in [0.29, 0.717) is 46.1 Å². The molecule has 2 heterocycles. The monoisotopic (exact) mass is 451 g/mol. The molecule has 0 amide bonds. The summed E-state index contributed by atoms with van der Waals surface area (Å²) < 4.78 is 11.9. The molecule has 4 N–H and O–H groups in total. The summed E-state index contributed by atoms with van der Waals surface area (Å²) >= 11 is 6.47. The fourth-order valence-electron chi connectivity index (χ4n) is 5.03. The zero-order valence-corrected chi connectivity index (χ0v) is 18.1. The van der Waals surface area contributed by atoms with Gasteiger partial charge in [-0.25, -0.2) is 4.98 Å². The Bertz CT molecular complexity index is 1290. The highest BCUT2D eigenvalue weighted by Crippen LogP contribution is 2.66. The lowest BCUT2D eigenvalue weighted by atomic mass is 9.73. The molecule has 7 nitrogen and oxygen atoms in total. The van der Waals surface area contributed by atoms with Crippen LogP contribution in [0.5, 0.6) is 11.5 Å². The van der Waals surface area contributed by atoms with Crippen LogP contribution < -0.4 is 20.8 Å². The van der Waals surface area contributed by atoms with Crippen LogP contribution in [0, 0.1) is 0 Å². The van der Waals surface area contributed by atoms with Crippen molar-refractivity contribution in [2.75, 3.05) is 18.7 Å². The summed E-state index contributed by atoms with van der Waals surface area (Å²) in [6.07, 6.45) is 1.98. The second kappa shape index (κ2) is 7.12. The highest BCUT2D eigenvalue weighted by Gasteiger charge is 2.72. The largest absolute Gasteiger partial charge is 0.497 e. The van der Waals surface area contributed by atoms with Gasteiger partial charge in [-0.1, -0.05) is 18.2 Å². The van der Waals surface area contributed by atoms with E-state index in [-0.39, 0.29) is 17.1 Å². The summed E-state index contributed by atoms with van der Waals surface area (Å²) in [6, 6.07) is 12.2. The highest BCUT2D eigenvalue weighted by atomic mass is 35.5. The lowest BCUT2D eigenvalue weighted by Gasteiger charge is -2.39. The topological polar surface area (TPSA) is 110 Å². The number of aliphatic hydroxyl groups is 1. The molecular weight excluding hydrogens is 430 g/mol. The fraction of sp³-hybridized carbons (Fsp3) is 0.250. The van der Waals surface area contributed by atoms with Gasteiger partial charge >= 0.3 is 0 Å². The van der Waals surface area contributed by atoms with Gasteiger partial charge in [-0.3, -0.25) is 4.79 Å². The van der Waals surface area contributed by atoms with E-state index >= 15 is 0 Å². The van der Waals surface area contributed by atoms with Gasteiger partial charge in [0.1, 0.15) is 17.3 Å². The molecule has 0 unspecified atom stereocenters. The SMILES string of the molecule is C=CCc1nc2c(c(=O)[nH]1)[C@@H](CCl)[C@]1(c3ccc(N)cc3)Oc3ccc(OC)cc3[C@]21O. The highest BCUT2D eigenvalue weighted by molar-refractivity contribution is 6.18. The minimum absolute atomic E-state index is 0.0242. The predicted molar refractivity (Wildman–Crippen MR) is 121 cm³/mol. The van der Waals surface area contributed by atoms with Crippen molar-refractivity contribution in [3.8, 4) is 11.5 Å². The molecule has 1 aliphatic heterocycles. The van der Waals surface area contributed by atoms with Gasteiger partial charge in [-0.15, -0.1) is 18.2 Å². The van der Waals surface area contributed by atoms with Crippen molar-refractivity contribution in [3.05, 3.63) is 93.7 Å². The Morgan fingerprint density at radius 2 is 2.09 bits per heavy atom. The number of nitrogens with two attached hydrogens (primary N) is 1. The number of H-pyrrole nitrogens is 1. The number of allylic oxidation sites excluding steroid dienone is 1. The van der Waals surface area contributed by atoms with Gasteiger partial charge in [0.2, 0.25) is 0 Å². The third kappa shape index (κ3) is 2.46. The van der Waals surface area contributed by atoms with Crippen LogP contribution in [0.15, 0.2) is 59.9 Å². The van der Waals surface area contributed by atoms with Crippen molar-refractivity contribution in [2.45, 2.75) is 23.5 Å². The van der Waals surface area contributed by atoms with Gasteiger partial charge in [0, 0.05) is 23.6 Å². The van der Waals surface area contributed by atoms with E-state index in [1.807, 2.05) is 0 Å². The Morgan fingerprint density at radius 3 is 2.75 bits per heavy atom. The summed E-state index contributed by atoms with van der Waals surface area (Å²) in [5, 5.41) is 12.5. The van der Waals surface area contributed by atoms with Crippen molar-refractivity contribution in [2.24, 2.45) is 0 Å². The Labute approximate surface area is 189 Å². The number of rotatable bonds is 5. The molecule has 164 valence electrons. The van der Waals surface area contributed by atoms with Crippen LogP contribution in [0.3, 0.4) is 0 Å². The van der Waals surface area contributed by atoms with Crippen LogP contribution in [-0.4, -0.2) is 28.1 Å². The zero-order chi connectivity index (χ0) is 22.7.